The van der Waals surface area contributed by atoms with Gasteiger partial charge in [0, 0.05) is 49.4 Å². The van der Waals surface area contributed by atoms with Crippen LogP contribution >= 0.6 is 11.3 Å². The maximum absolute atomic E-state index is 5.16. The number of hydrogen-bond donors (Lipinski definition) is 0. The van der Waals surface area contributed by atoms with Crippen molar-refractivity contribution < 1.29 is 0 Å². The van der Waals surface area contributed by atoms with Crippen molar-refractivity contribution in [1.82, 2.24) is 19.5 Å². The third kappa shape index (κ3) is 2.56. The van der Waals surface area contributed by atoms with E-state index >= 15 is 0 Å². The Bertz CT molecular complexity index is 2420. The topological polar surface area (TPSA) is 43.6 Å². The molecular formula is C33H18N4S. The normalized spacial score (nSPS) is 12.2. The average molecular weight is 503 g/mol. The largest absolute Gasteiger partial charge is 0.277 e. The lowest BCUT2D eigenvalue weighted by Gasteiger charge is -2.10. The summed E-state index contributed by atoms with van der Waals surface area (Å²) in [5.41, 5.74) is 4.22. The molecule has 4 heterocycles. The van der Waals surface area contributed by atoms with Gasteiger partial charge in [0.2, 0.25) is 5.95 Å². The Balaban J connectivity index is 1.53. The van der Waals surface area contributed by atoms with Gasteiger partial charge < -0.3 is 0 Å². The summed E-state index contributed by atoms with van der Waals surface area (Å²) in [6.45, 7) is 0. The van der Waals surface area contributed by atoms with Gasteiger partial charge in [-0.2, -0.15) is 0 Å². The van der Waals surface area contributed by atoms with E-state index in [9.17, 15) is 0 Å². The first-order valence-electron chi connectivity index (χ1n) is 12.6. The third-order valence-electron chi connectivity index (χ3n) is 7.68. The number of para-hydroxylation sites is 1. The monoisotopic (exact) mass is 502 g/mol. The second kappa shape index (κ2) is 7.34. The van der Waals surface area contributed by atoms with Crippen molar-refractivity contribution in [3.63, 3.8) is 0 Å². The summed E-state index contributed by atoms with van der Waals surface area (Å²) in [7, 11) is 0. The smallest absolute Gasteiger partial charge is 0.235 e. The highest BCUT2D eigenvalue weighted by molar-refractivity contribution is 7.26. The number of thiophene rings is 1. The van der Waals surface area contributed by atoms with Crippen molar-refractivity contribution in [2.45, 2.75) is 0 Å². The van der Waals surface area contributed by atoms with Crippen molar-refractivity contribution in [2.75, 3.05) is 0 Å². The second-order valence-electron chi connectivity index (χ2n) is 9.67. The highest BCUT2D eigenvalue weighted by Gasteiger charge is 2.23. The lowest BCUT2D eigenvalue weighted by molar-refractivity contribution is 1.01. The molecule has 0 aliphatic carbocycles. The molecule has 38 heavy (non-hydrogen) atoms. The molecule has 5 aromatic carbocycles. The van der Waals surface area contributed by atoms with Gasteiger partial charge in [0.25, 0.3) is 0 Å². The van der Waals surface area contributed by atoms with Gasteiger partial charge >= 0.3 is 0 Å². The third-order valence-corrected chi connectivity index (χ3v) is 8.85. The van der Waals surface area contributed by atoms with Crippen LogP contribution in [0, 0.1) is 0 Å². The van der Waals surface area contributed by atoms with E-state index in [0.717, 1.165) is 32.8 Å². The second-order valence-corrected chi connectivity index (χ2v) is 10.7. The molecule has 0 saturated carbocycles. The predicted octanol–water partition coefficient (Wildman–Crippen LogP) is 8.80. The van der Waals surface area contributed by atoms with Gasteiger partial charge in [-0.25, -0.2) is 9.97 Å². The van der Waals surface area contributed by atoms with Crippen LogP contribution in [-0.2, 0) is 0 Å². The number of benzene rings is 5. The van der Waals surface area contributed by atoms with Gasteiger partial charge in [-0.15, -0.1) is 11.3 Å². The number of pyridine rings is 1. The fraction of sp³-hybridized carbons (Fsp3) is 0. The minimum absolute atomic E-state index is 0.679. The maximum atomic E-state index is 5.16. The zero-order chi connectivity index (χ0) is 24.8. The summed E-state index contributed by atoms with van der Waals surface area (Å²) < 4.78 is 4.71. The van der Waals surface area contributed by atoms with E-state index in [2.05, 4.69) is 95.6 Å². The van der Waals surface area contributed by atoms with Crippen LogP contribution in [0.25, 0.3) is 80.5 Å². The molecule has 5 heteroatoms. The van der Waals surface area contributed by atoms with Crippen LogP contribution in [0.3, 0.4) is 0 Å². The molecule has 0 saturated heterocycles. The fourth-order valence-electron chi connectivity index (χ4n) is 6.08. The minimum atomic E-state index is 0.679. The van der Waals surface area contributed by atoms with Gasteiger partial charge in [-0.05, 0) is 35.0 Å². The lowest BCUT2D eigenvalue weighted by atomic mass is 10.0. The molecule has 0 aliphatic rings. The molecule has 0 radical (unpaired) electrons. The van der Waals surface area contributed by atoms with Crippen molar-refractivity contribution >= 4 is 85.9 Å². The number of aromatic nitrogens is 4. The molecule has 0 amide bonds. The van der Waals surface area contributed by atoms with E-state index in [0.29, 0.717) is 5.95 Å². The summed E-state index contributed by atoms with van der Waals surface area (Å²) in [5, 5.41) is 9.41. The Labute approximate surface area is 220 Å². The lowest BCUT2D eigenvalue weighted by Crippen LogP contribution is -2.01. The number of rotatable bonds is 1. The molecule has 0 atom stereocenters. The van der Waals surface area contributed by atoms with Crippen LogP contribution in [-0.4, -0.2) is 19.5 Å². The standard InChI is InChI=1S/C33H18N4S/c1-2-9-20-19(8-1)15-16-25-24(20)18-35-33(36-25)37-26-13-5-3-10-21(26)28-23-12-7-17-34-30(23)32-29(31(28)37)22-11-4-6-14-27(22)38-32/h1-18H. The van der Waals surface area contributed by atoms with Crippen molar-refractivity contribution in [1.29, 1.82) is 0 Å². The van der Waals surface area contributed by atoms with Gasteiger partial charge in [-0.3, -0.25) is 9.55 Å². The highest BCUT2D eigenvalue weighted by Crippen LogP contribution is 2.46. The number of fused-ring (bicyclic) bond motifs is 13. The first-order chi connectivity index (χ1) is 18.9. The molecule has 0 N–H and O–H groups in total. The van der Waals surface area contributed by atoms with Crippen LogP contribution in [0.15, 0.2) is 109 Å². The van der Waals surface area contributed by atoms with Crippen LogP contribution in [0.2, 0.25) is 0 Å². The van der Waals surface area contributed by atoms with E-state index in [1.807, 2.05) is 29.8 Å². The summed E-state index contributed by atoms with van der Waals surface area (Å²) >= 11 is 1.81. The van der Waals surface area contributed by atoms with Crippen LogP contribution in [0.4, 0.5) is 0 Å². The van der Waals surface area contributed by atoms with E-state index in [4.69, 9.17) is 15.0 Å². The SMILES string of the molecule is c1ccc2c(c1)ccc1nc(-n3c4ccccc4c4c5cccnc5c5sc6ccccc6c5c43)ncc12. The maximum Gasteiger partial charge on any atom is 0.235 e. The number of hydrogen-bond acceptors (Lipinski definition) is 4. The Morgan fingerprint density at radius 2 is 1.39 bits per heavy atom. The molecule has 9 rings (SSSR count). The average Bonchev–Trinajstić information content (AvgIpc) is 3.53. The van der Waals surface area contributed by atoms with Crippen LogP contribution in [0.5, 0.6) is 0 Å². The Hall–Kier alpha value is -4.87. The van der Waals surface area contributed by atoms with Gasteiger partial charge in [0.15, 0.2) is 0 Å². The minimum Gasteiger partial charge on any atom is -0.277 e. The molecular weight excluding hydrogens is 484 g/mol. The summed E-state index contributed by atoms with van der Waals surface area (Å²) in [5.74, 6) is 0.679. The molecule has 0 fully saturated rings. The summed E-state index contributed by atoms with van der Waals surface area (Å²) in [6, 6.07) is 34.1. The fourth-order valence-corrected chi connectivity index (χ4v) is 7.29. The Kier molecular flexibility index (Phi) is 3.91. The Morgan fingerprint density at radius 1 is 0.605 bits per heavy atom. The molecule has 9 aromatic rings. The molecule has 4 nitrogen and oxygen atoms in total. The molecule has 0 bridgehead atoms. The zero-order valence-electron chi connectivity index (χ0n) is 20.1. The molecule has 176 valence electrons. The van der Waals surface area contributed by atoms with Crippen molar-refractivity contribution in [3.05, 3.63) is 109 Å². The zero-order valence-corrected chi connectivity index (χ0v) is 20.9. The molecule has 4 aromatic heterocycles. The van der Waals surface area contributed by atoms with E-state index < -0.39 is 0 Å². The number of nitrogens with zero attached hydrogens (tertiary/aromatic N) is 4. The van der Waals surface area contributed by atoms with E-state index in [-0.39, 0.29) is 0 Å². The molecule has 0 unspecified atom stereocenters. The molecule has 0 spiro atoms. The van der Waals surface area contributed by atoms with Crippen molar-refractivity contribution in [2.24, 2.45) is 0 Å². The summed E-state index contributed by atoms with van der Waals surface area (Å²) in [6.07, 6.45) is 3.88. The van der Waals surface area contributed by atoms with E-state index in [1.165, 1.54) is 41.7 Å². The first kappa shape index (κ1) is 20.2. The van der Waals surface area contributed by atoms with E-state index in [1.54, 1.807) is 0 Å². The highest BCUT2D eigenvalue weighted by atomic mass is 32.1. The van der Waals surface area contributed by atoms with Gasteiger partial charge in [-0.1, -0.05) is 72.8 Å². The van der Waals surface area contributed by atoms with Gasteiger partial charge in [0.05, 0.1) is 26.8 Å². The van der Waals surface area contributed by atoms with Crippen molar-refractivity contribution in [3.8, 4) is 5.95 Å². The Morgan fingerprint density at radius 3 is 2.34 bits per heavy atom. The summed E-state index contributed by atoms with van der Waals surface area (Å²) in [4.78, 5) is 15.0. The quantitative estimate of drug-likeness (QED) is 0.211. The van der Waals surface area contributed by atoms with Crippen LogP contribution < -0.4 is 0 Å². The van der Waals surface area contributed by atoms with Gasteiger partial charge in [0.1, 0.15) is 0 Å². The molecule has 0 aliphatic heterocycles. The first-order valence-corrected chi connectivity index (χ1v) is 13.4. The predicted molar refractivity (Wildman–Crippen MR) is 160 cm³/mol. The van der Waals surface area contributed by atoms with Crippen LogP contribution in [0.1, 0.15) is 0 Å².